The number of ether oxygens (including phenoxy) is 2. The summed E-state index contributed by atoms with van der Waals surface area (Å²) >= 11 is 0. The molecular formula is C16H23N3O4. The molecular weight excluding hydrogens is 298 g/mol. The minimum Gasteiger partial charge on any atom is -0.463 e. The van der Waals surface area contributed by atoms with Crippen LogP contribution >= 0.6 is 0 Å². The van der Waals surface area contributed by atoms with Crippen molar-refractivity contribution in [2.75, 3.05) is 19.8 Å². The summed E-state index contributed by atoms with van der Waals surface area (Å²) in [5.41, 5.74) is -1.35. The number of morpholine rings is 1. The SMILES string of the molecule is CC(C)(O)C(=O)N1CCOC2C(COc3ncccn3)CCC21. The van der Waals surface area contributed by atoms with Crippen LogP contribution in [0.5, 0.6) is 6.01 Å². The zero-order chi connectivity index (χ0) is 16.4. The van der Waals surface area contributed by atoms with Gasteiger partial charge >= 0.3 is 6.01 Å². The molecule has 2 fully saturated rings. The molecule has 2 heterocycles. The van der Waals surface area contributed by atoms with Crippen molar-refractivity contribution in [3.63, 3.8) is 0 Å². The summed E-state index contributed by atoms with van der Waals surface area (Å²) in [5.74, 6) is -0.0371. The predicted molar refractivity (Wildman–Crippen MR) is 81.8 cm³/mol. The van der Waals surface area contributed by atoms with E-state index in [1.165, 1.54) is 13.8 Å². The van der Waals surface area contributed by atoms with Gasteiger partial charge in [-0.05, 0) is 32.8 Å². The second-order valence-electron chi connectivity index (χ2n) is 6.64. The number of aliphatic hydroxyl groups is 1. The van der Waals surface area contributed by atoms with Gasteiger partial charge in [-0.1, -0.05) is 0 Å². The van der Waals surface area contributed by atoms with Gasteiger partial charge in [0.1, 0.15) is 5.60 Å². The van der Waals surface area contributed by atoms with Gasteiger partial charge in [-0.25, -0.2) is 9.97 Å². The van der Waals surface area contributed by atoms with Gasteiger partial charge in [-0.2, -0.15) is 0 Å². The molecule has 7 heteroatoms. The Balaban J connectivity index is 1.63. The van der Waals surface area contributed by atoms with E-state index in [1.54, 1.807) is 23.4 Å². The Morgan fingerprint density at radius 2 is 2.17 bits per heavy atom. The third-order valence-corrected chi connectivity index (χ3v) is 4.47. The highest BCUT2D eigenvalue weighted by molar-refractivity contribution is 5.84. The second kappa shape index (κ2) is 6.41. The fourth-order valence-corrected chi connectivity index (χ4v) is 3.38. The summed E-state index contributed by atoms with van der Waals surface area (Å²) in [6.45, 7) is 4.54. The molecule has 0 spiro atoms. The van der Waals surface area contributed by atoms with E-state index in [2.05, 4.69) is 9.97 Å². The average molecular weight is 321 g/mol. The predicted octanol–water partition coefficient (Wildman–Crippen LogP) is 0.632. The van der Waals surface area contributed by atoms with Gasteiger partial charge in [0.05, 0.1) is 25.4 Å². The van der Waals surface area contributed by atoms with E-state index in [-0.39, 0.29) is 24.0 Å². The van der Waals surface area contributed by atoms with Crippen LogP contribution in [0.25, 0.3) is 0 Å². The normalized spacial score (nSPS) is 27.6. The van der Waals surface area contributed by atoms with E-state index in [0.29, 0.717) is 25.8 Å². The molecule has 3 rings (SSSR count). The number of aromatic nitrogens is 2. The maximum absolute atomic E-state index is 12.4. The van der Waals surface area contributed by atoms with Crippen LogP contribution in [0.2, 0.25) is 0 Å². The maximum atomic E-state index is 12.4. The summed E-state index contributed by atoms with van der Waals surface area (Å²) in [4.78, 5) is 22.3. The van der Waals surface area contributed by atoms with Gasteiger partial charge in [-0.3, -0.25) is 4.79 Å². The first-order valence-corrected chi connectivity index (χ1v) is 8.01. The number of hydrogen-bond acceptors (Lipinski definition) is 6. The number of rotatable bonds is 4. The highest BCUT2D eigenvalue weighted by Crippen LogP contribution is 2.35. The molecule has 1 saturated heterocycles. The second-order valence-corrected chi connectivity index (χ2v) is 6.64. The largest absolute Gasteiger partial charge is 0.463 e. The molecule has 2 aliphatic rings. The summed E-state index contributed by atoms with van der Waals surface area (Å²) in [7, 11) is 0. The lowest BCUT2D eigenvalue weighted by Crippen LogP contribution is -2.57. The number of carbonyl (C=O) groups excluding carboxylic acids is 1. The van der Waals surface area contributed by atoms with E-state index in [4.69, 9.17) is 9.47 Å². The van der Waals surface area contributed by atoms with E-state index >= 15 is 0 Å². The average Bonchev–Trinajstić information content (AvgIpc) is 2.95. The topological polar surface area (TPSA) is 84.8 Å². The van der Waals surface area contributed by atoms with Crippen molar-refractivity contribution in [3.8, 4) is 6.01 Å². The van der Waals surface area contributed by atoms with Crippen LogP contribution in [0.4, 0.5) is 0 Å². The lowest BCUT2D eigenvalue weighted by Gasteiger charge is -2.41. The van der Waals surface area contributed by atoms with Crippen LogP contribution in [0.1, 0.15) is 26.7 Å². The molecule has 1 N–H and O–H groups in total. The minimum atomic E-state index is -1.35. The quantitative estimate of drug-likeness (QED) is 0.876. The molecule has 3 unspecified atom stereocenters. The molecule has 0 bridgehead atoms. The lowest BCUT2D eigenvalue weighted by molar-refractivity contribution is -0.162. The van der Waals surface area contributed by atoms with Gasteiger partial charge in [-0.15, -0.1) is 0 Å². The van der Waals surface area contributed by atoms with E-state index in [9.17, 15) is 9.90 Å². The summed E-state index contributed by atoms with van der Waals surface area (Å²) in [6, 6.07) is 2.10. The van der Waals surface area contributed by atoms with Crippen molar-refractivity contribution < 1.29 is 19.4 Å². The van der Waals surface area contributed by atoms with Gasteiger partial charge in [0.25, 0.3) is 5.91 Å². The number of carbonyl (C=O) groups is 1. The minimum absolute atomic E-state index is 0.00738. The van der Waals surface area contributed by atoms with Crippen LogP contribution in [-0.2, 0) is 9.53 Å². The van der Waals surface area contributed by atoms with Crippen LogP contribution in [0, 0.1) is 5.92 Å². The van der Waals surface area contributed by atoms with Crippen LogP contribution < -0.4 is 4.74 Å². The molecule has 1 aromatic rings. The van der Waals surface area contributed by atoms with Gasteiger partial charge in [0.2, 0.25) is 0 Å². The van der Waals surface area contributed by atoms with Gasteiger partial charge < -0.3 is 19.5 Å². The Kier molecular flexibility index (Phi) is 4.50. The van der Waals surface area contributed by atoms with Crippen molar-refractivity contribution in [1.29, 1.82) is 0 Å². The summed E-state index contributed by atoms with van der Waals surface area (Å²) in [5, 5.41) is 10.0. The smallest absolute Gasteiger partial charge is 0.316 e. The van der Waals surface area contributed by atoms with E-state index in [1.807, 2.05) is 0 Å². The molecule has 1 aliphatic heterocycles. The molecule has 23 heavy (non-hydrogen) atoms. The molecule has 7 nitrogen and oxygen atoms in total. The van der Waals surface area contributed by atoms with Crippen LogP contribution in [0.3, 0.4) is 0 Å². The Morgan fingerprint density at radius 3 is 2.87 bits per heavy atom. The third kappa shape index (κ3) is 3.45. The number of fused-ring (bicyclic) bond motifs is 1. The Hall–Kier alpha value is -1.73. The molecule has 1 aliphatic carbocycles. The molecule has 0 aromatic carbocycles. The Bertz CT molecular complexity index is 546. The maximum Gasteiger partial charge on any atom is 0.316 e. The summed E-state index contributed by atoms with van der Waals surface area (Å²) < 4.78 is 11.5. The lowest BCUT2D eigenvalue weighted by atomic mass is 10.0. The molecule has 1 saturated carbocycles. The number of hydrogen-bond donors (Lipinski definition) is 1. The first kappa shape index (κ1) is 16.1. The first-order valence-electron chi connectivity index (χ1n) is 8.01. The first-order chi connectivity index (χ1) is 11.0. The Labute approximate surface area is 135 Å². The number of amides is 1. The van der Waals surface area contributed by atoms with Gasteiger partial charge in [0, 0.05) is 24.9 Å². The molecule has 126 valence electrons. The molecule has 0 radical (unpaired) electrons. The fourth-order valence-electron chi connectivity index (χ4n) is 3.38. The monoisotopic (exact) mass is 321 g/mol. The Morgan fingerprint density at radius 1 is 1.43 bits per heavy atom. The standard InChI is InChI=1S/C16H23N3O4/c1-16(2,21)14(20)19-8-9-22-13-11(4-5-12(13)19)10-23-15-17-6-3-7-18-15/h3,6-7,11-13,21H,4-5,8-10H2,1-2H3. The molecule has 3 atom stereocenters. The third-order valence-electron chi connectivity index (χ3n) is 4.47. The van der Waals surface area contributed by atoms with Crippen molar-refractivity contribution in [1.82, 2.24) is 14.9 Å². The zero-order valence-electron chi connectivity index (χ0n) is 13.5. The fraction of sp³-hybridized carbons (Fsp3) is 0.688. The van der Waals surface area contributed by atoms with E-state index < -0.39 is 5.60 Å². The van der Waals surface area contributed by atoms with Crippen molar-refractivity contribution in [2.45, 2.75) is 44.4 Å². The van der Waals surface area contributed by atoms with Crippen LogP contribution in [0.15, 0.2) is 18.5 Å². The highest BCUT2D eigenvalue weighted by atomic mass is 16.5. The van der Waals surface area contributed by atoms with Crippen LogP contribution in [-0.4, -0.2) is 63.4 Å². The zero-order valence-corrected chi connectivity index (χ0v) is 13.5. The van der Waals surface area contributed by atoms with Crippen molar-refractivity contribution >= 4 is 5.91 Å². The number of nitrogens with zero attached hydrogens (tertiary/aromatic N) is 3. The van der Waals surface area contributed by atoms with E-state index in [0.717, 1.165) is 12.8 Å². The molecule has 1 amide bonds. The van der Waals surface area contributed by atoms with Crippen molar-refractivity contribution in [2.24, 2.45) is 5.92 Å². The van der Waals surface area contributed by atoms with Gasteiger partial charge in [0.15, 0.2) is 0 Å². The highest BCUT2D eigenvalue weighted by Gasteiger charge is 2.46. The molecule has 1 aromatic heterocycles. The van der Waals surface area contributed by atoms with Crippen molar-refractivity contribution in [3.05, 3.63) is 18.5 Å². The summed E-state index contributed by atoms with van der Waals surface area (Å²) in [6.07, 6.45) is 4.99.